The van der Waals surface area contributed by atoms with Crippen LogP contribution in [-0.4, -0.2) is 47.6 Å². The van der Waals surface area contributed by atoms with Crippen LogP contribution in [0.3, 0.4) is 0 Å². The van der Waals surface area contributed by atoms with E-state index in [4.69, 9.17) is 0 Å². The van der Waals surface area contributed by atoms with Gasteiger partial charge in [-0.05, 0) is 116 Å². The zero-order valence-corrected chi connectivity index (χ0v) is 24.7. The molecule has 210 valence electrons. The molecule has 3 unspecified atom stereocenters. The van der Waals surface area contributed by atoms with Gasteiger partial charge in [-0.15, -0.1) is 0 Å². The summed E-state index contributed by atoms with van der Waals surface area (Å²) in [6, 6.07) is 1.17. The molecule has 0 aromatic heterocycles. The highest BCUT2D eigenvalue weighted by Crippen LogP contribution is 2.68. The summed E-state index contributed by atoms with van der Waals surface area (Å²) >= 11 is 0. The van der Waals surface area contributed by atoms with Gasteiger partial charge in [-0.1, -0.05) is 48.5 Å². The van der Waals surface area contributed by atoms with E-state index in [-0.39, 0.29) is 12.2 Å². The van der Waals surface area contributed by atoms with E-state index in [2.05, 4.69) is 59.1 Å². The lowest BCUT2D eigenvalue weighted by Gasteiger charge is -2.62. The second-order valence-electron chi connectivity index (χ2n) is 14.9. The molecule has 4 aliphatic rings. The van der Waals surface area contributed by atoms with Gasteiger partial charge in [-0.25, -0.2) is 0 Å². The monoisotopic (exact) mass is 504 g/mol. The molecule has 0 spiro atoms. The smallest absolute Gasteiger partial charge is 0.0577 e. The van der Waals surface area contributed by atoms with Crippen molar-refractivity contribution in [2.45, 2.75) is 137 Å². The van der Waals surface area contributed by atoms with E-state index >= 15 is 0 Å². The minimum absolute atomic E-state index is 0.115. The summed E-state index contributed by atoms with van der Waals surface area (Å²) in [7, 11) is 0. The Hall–Kier alpha value is -0.160. The normalized spacial score (nSPS) is 44.2. The Bertz CT molecular complexity index is 712. The average Bonchev–Trinajstić information content (AvgIpc) is 3.17. The maximum atomic E-state index is 11.7. The van der Waals surface area contributed by atoms with Gasteiger partial charge in [0.2, 0.25) is 0 Å². The van der Waals surface area contributed by atoms with Gasteiger partial charge in [0.1, 0.15) is 0 Å². The van der Waals surface area contributed by atoms with Gasteiger partial charge in [0, 0.05) is 25.2 Å². The largest absolute Gasteiger partial charge is 0.393 e. The van der Waals surface area contributed by atoms with E-state index in [1.807, 2.05) is 0 Å². The van der Waals surface area contributed by atoms with Crippen LogP contribution >= 0.6 is 0 Å². The molecule has 0 aromatic carbocycles. The molecule has 0 saturated heterocycles. The Balaban J connectivity index is 1.39. The predicted molar refractivity (Wildman–Crippen MR) is 151 cm³/mol. The molecular weight excluding hydrogens is 444 g/mol. The van der Waals surface area contributed by atoms with Crippen LogP contribution in [0.1, 0.15) is 113 Å². The van der Waals surface area contributed by atoms with Crippen LogP contribution in [0.5, 0.6) is 0 Å². The summed E-state index contributed by atoms with van der Waals surface area (Å²) in [5, 5.41) is 29.5. The fourth-order valence-electron chi connectivity index (χ4n) is 9.99. The van der Waals surface area contributed by atoms with Crippen LogP contribution in [-0.2, 0) is 0 Å². The third kappa shape index (κ3) is 5.58. The maximum Gasteiger partial charge on any atom is 0.0577 e. The lowest BCUT2D eigenvalue weighted by atomic mass is 9.43. The second kappa shape index (κ2) is 11.5. The zero-order chi connectivity index (χ0) is 26.3. The average molecular weight is 505 g/mol. The Morgan fingerprint density at radius 1 is 0.833 bits per heavy atom. The standard InChI is InChI=1S/C32H60N2O2/c1-20(2)28(35)11-8-22(5)25-9-10-26-30-27(13-15-32(25,26)7)31(6)14-12-24(18-23(31)19-29(30)36)34-17-16-33-21(3)4/h20-30,33-36H,8-19H2,1-7H3/t22-,23-,24+,25-,26?,27?,28-,29-,30?,31+,32-/m1/s1. The topological polar surface area (TPSA) is 64.5 Å². The Morgan fingerprint density at radius 2 is 1.53 bits per heavy atom. The van der Waals surface area contributed by atoms with Crippen LogP contribution in [0.4, 0.5) is 0 Å². The number of fused-ring (bicyclic) bond motifs is 5. The van der Waals surface area contributed by atoms with Crippen molar-refractivity contribution >= 4 is 0 Å². The van der Waals surface area contributed by atoms with Gasteiger partial charge in [-0.3, -0.25) is 0 Å². The van der Waals surface area contributed by atoms with Gasteiger partial charge >= 0.3 is 0 Å². The lowest BCUT2D eigenvalue weighted by Crippen LogP contribution is -2.59. The van der Waals surface area contributed by atoms with Crippen molar-refractivity contribution in [3.05, 3.63) is 0 Å². The molecule has 36 heavy (non-hydrogen) atoms. The highest BCUT2D eigenvalue weighted by atomic mass is 16.3. The first-order chi connectivity index (χ1) is 17.0. The van der Waals surface area contributed by atoms with Crippen molar-refractivity contribution in [3.8, 4) is 0 Å². The minimum atomic E-state index is -0.165. The van der Waals surface area contributed by atoms with E-state index in [1.54, 1.807) is 0 Å². The number of aliphatic hydroxyl groups is 2. The van der Waals surface area contributed by atoms with Crippen molar-refractivity contribution in [3.63, 3.8) is 0 Å². The van der Waals surface area contributed by atoms with E-state index in [0.29, 0.717) is 58.4 Å². The first-order valence-corrected chi connectivity index (χ1v) is 15.8. The van der Waals surface area contributed by atoms with Gasteiger partial charge in [0.05, 0.1) is 12.2 Å². The number of nitrogens with one attached hydrogen (secondary N) is 2. The van der Waals surface area contributed by atoms with Crippen molar-refractivity contribution in [2.24, 2.45) is 52.3 Å². The Labute approximate surface area is 223 Å². The predicted octanol–water partition coefficient (Wildman–Crippen LogP) is 6.01. The molecule has 0 radical (unpaired) electrons. The molecule has 0 amide bonds. The summed E-state index contributed by atoms with van der Waals surface area (Å²) < 4.78 is 0. The van der Waals surface area contributed by atoms with E-state index in [1.165, 1.54) is 44.9 Å². The van der Waals surface area contributed by atoms with Crippen molar-refractivity contribution in [1.29, 1.82) is 0 Å². The van der Waals surface area contributed by atoms with Gasteiger partial charge in [0.15, 0.2) is 0 Å². The minimum Gasteiger partial charge on any atom is -0.393 e. The fourth-order valence-corrected chi connectivity index (χ4v) is 9.99. The lowest BCUT2D eigenvalue weighted by molar-refractivity contribution is -0.167. The van der Waals surface area contributed by atoms with Gasteiger partial charge < -0.3 is 20.8 Å². The van der Waals surface area contributed by atoms with Gasteiger partial charge in [-0.2, -0.15) is 0 Å². The molecule has 0 heterocycles. The molecule has 4 heteroatoms. The summed E-state index contributed by atoms with van der Waals surface area (Å²) in [4.78, 5) is 0. The Kier molecular flexibility index (Phi) is 9.23. The number of aliphatic hydroxyl groups excluding tert-OH is 2. The molecule has 4 aliphatic carbocycles. The number of hydrogen-bond acceptors (Lipinski definition) is 4. The van der Waals surface area contributed by atoms with E-state index < -0.39 is 0 Å². The highest BCUT2D eigenvalue weighted by molar-refractivity contribution is 5.12. The molecule has 4 saturated carbocycles. The van der Waals surface area contributed by atoms with Crippen LogP contribution in [0.2, 0.25) is 0 Å². The molecule has 4 N–H and O–H groups in total. The van der Waals surface area contributed by atoms with E-state index in [9.17, 15) is 10.2 Å². The zero-order valence-electron chi connectivity index (χ0n) is 24.7. The van der Waals surface area contributed by atoms with Gasteiger partial charge in [0.25, 0.3) is 0 Å². The third-order valence-electron chi connectivity index (χ3n) is 12.2. The first-order valence-electron chi connectivity index (χ1n) is 15.8. The van der Waals surface area contributed by atoms with Crippen molar-refractivity contribution in [1.82, 2.24) is 10.6 Å². The van der Waals surface area contributed by atoms with Crippen LogP contribution in [0, 0.1) is 52.3 Å². The number of rotatable bonds is 10. The van der Waals surface area contributed by atoms with Crippen LogP contribution < -0.4 is 10.6 Å². The number of hydrogen-bond donors (Lipinski definition) is 4. The van der Waals surface area contributed by atoms with E-state index in [0.717, 1.165) is 38.3 Å². The summed E-state index contributed by atoms with van der Waals surface area (Å²) in [5.41, 5.74) is 0.778. The summed E-state index contributed by atoms with van der Waals surface area (Å²) in [6.45, 7) is 18.4. The molecule has 0 bridgehead atoms. The quantitative estimate of drug-likeness (QED) is 0.275. The van der Waals surface area contributed by atoms with Crippen molar-refractivity contribution in [2.75, 3.05) is 13.1 Å². The first kappa shape index (κ1) is 28.8. The molecular formula is C32H60N2O2. The Morgan fingerprint density at radius 3 is 2.22 bits per heavy atom. The summed E-state index contributed by atoms with van der Waals surface area (Å²) in [6.07, 6.45) is 12.0. The van der Waals surface area contributed by atoms with Crippen LogP contribution in [0.15, 0.2) is 0 Å². The molecule has 4 fully saturated rings. The maximum absolute atomic E-state index is 11.7. The molecule has 0 aliphatic heterocycles. The second-order valence-corrected chi connectivity index (χ2v) is 14.9. The van der Waals surface area contributed by atoms with Crippen molar-refractivity contribution < 1.29 is 10.2 Å². The fraction of sp³-hybridized carbons (Fsp3) is 1.00. The molecule has 0 aromatic rings. The third-order valence-corrected chi connectivity index (χ3v) is 12.2. The van der Waals surface area contributed by atoms with Crippen LogP contribution in [0.25, 0.3) is 0 Å². The molecule has 4 rings (SSSR count). The SMILES string of the molecule is CC(C)NCCN[C@H]1CC[C@]2(C)C3CC[C@@]4(C)C(CC[C@@H]4[C@H](C)CC[C@@H](O)C(C)C)C3[C@H](O)C[C@H]2C1. The highest BCUT2D eigenvalue weighted by Gasteiger charge is 2.62. The molecule has 4 nitrogen and oxygen atoms in total. The summed E-state index contributed by atoms with van der Waals surface area (Å²) in [5.74, 6) is 4.32. The molecule has 11 atom stereocenters.